The monoisotopic (exact) mass is 239 g/mol. The molecular weight excluding hydrogens is 226 g/mol. The van der Waals surface area contributed by atoms with E-state index in [1.165, 1.54) is 22.0 Å². The highest BCUT2D eigenvalue weighted by Gasteiger charge is 2.03. The van der Waals surface area contributed by atoms with Crippen LogP contribution in [0.4, 0.5) is 10.8 Å². The lowest BCUT2D eigenvalue weighted by atomic mass is 10.2. The number of nitrogens with zero attached hydrogens (tertiary/aromatic N) is 1. The Morgan fingerprint density at radius 1 is 1.53 bits per heavy atom. The van der Waals surface area contributed by atoms with Crippen molar-refractivity contribution in [3.63, 3.8) is 0 Å². The van der Waals surface area contributed by atoms with Crippen LogP contribution in [0.15, 0.2) is 17.5 Å². The highest BCUT2D eigenvalue weighted by Crippen LogP contribution is 2.22. The minimum Gasteiger partial charge on any atom is -0.383 e. The number of thiophene rings is 1. The van der Waals surface area contributed by atoms with E-state index in [0.717, 1.165) is 18.0 Å². The maximum atomic E-state index is 5.55. The number of rotatable bonds is 4. The normalized spacial score (nSPS) is 10.5. The second-order valence-corrected chi connectivity index (χ2v) is 5.00. The van der Waals surface area contributed by atoms with Crippen LogP contribution in [-0.2, 0) is 13.0 Å². The maximum Gasteiger partial charge on any atom is 0.139 e. The lowest BCUT2D eigenvalue weighted by Crippen LogP contribution is -1.97. The van der Waals surface area contributed by atoms with Gasteiger partial charge in [-0.3, -0.25) is 0 Å². The molecule has 3 N–H and O–H groups in total. The Bertz CT molecular complexity index is 433. The van der Waals surface area contributed by atoms with Crippen LogP contribution in [0.5, 0.6) is 0 Å². The van der Waals surface area contributed by atoms with E-state index < -0.39 is 0 Å². The summed E-state index contributed by atoms with van der Waals surface area (Å²) in [5.74, 6) is 0.587. The van der Waals surface area contributed by atoms with Crippen molar-refractivity contribution in [2.24, 2.45) is 0 Å². The Morgan fingerprint density at radius 3 is 3.07 bits per heavy atom. The first-order valence-corrected chi connectivity index (χ1v) is 6.46. The van der Waals surface area contributed by atoms with Gasteiger partial charge in [0.2, 0.25) is 0 Å². The van der Waals surface area contributed by atoms with Gasteiger partial charge in [-0.15, -0.1) is 11.3 Å². The third-order valence-corrected chi connectivity index (χ3v) is 3.89. The van der Waals surface area contributed by atoms with Gasteiger partial charge in [0.05, 0.1) is 6.54 Å². The average molecular weight is 239 g/mol. The van der Waals surface area contributed by atoms with E-state index in [0.29, 0.717) is 5.82 Å². The summed E-state index contributed by atoms with van der Waals surface area (Å²) < 4.78 is 4.02. The molecule has 0 aliphatic rings. The molecule has 2 heterocycles. The van der Waals surface area contributed by atoms with Crippen LogP contribution in [0.3, 0.4) is 0 Å². The quantitative estimate of drug-likeness (QED) is 0.862. The summed E-state index contributed by atoms with van der Waals surface area (Å²) in [6.07, 6.45) is 1.09. The van der Waals surface area contributed by atoms with E-state index in [2.05, 4.69) is 28.1 Å². The lowest BCUT2D eigenvalue weighted by Gasteiger charge is -2.02. The zero-order valence-corrected chi connectivity index (χ0v) is 10.1. The molecule has 0 aromatic carbocycles. The maximum absolute atomic E-state index is 5.55. The smallest absolute Gasteiger partial charge is 0.139 e. The van der Waals surface area contributed by atoms with Gasteiger partial charge in [0.15, 0.2) is 0 Å². The van der Waals surface area contributed by atoms with Crippen LogP contribution in [0.2, 0.25) is 0 Å². The summed E-state index contributed by atoms with van der Waals surface area (Å²) in [5, 5.41) is 6.50. The molecule has 2 aromatic rings. The second kappa shape index (κ2) is 4.63. The minimum absolute atomic E-state index is 0.587. The number of hydrogen-bond donors (Lipinski definition) is 2. The molecule has 0 aliphatic carbocycles. The molecule has 0 spiro atoms. The average Bonchev–Trinajstić information content (AvgIpc) is 2.83. The van der Waals surface area contributed by atoms with Crippen LogP contribution < -0.4 is 11.1 Å². The second-order valence-electron chi connectivity index (χ2n) is 3.19. The summed E-state index contributed by atoms with van der Waals surface area (Å²) in [6.45, 7) is 3.04. The van der Waals surface area contributed by atoms with Gasteiger partial charge in [-0.25, -0.2) is 0 Å². The van der Waals surface area contributed by atoms with Gasteiger partial charge in [0, 0.05) is 10.9 Å². The number of nitrogens with one attached hydrogen (secondary N) is 1. The summed E-state index contributed by atoms with van der Waals surface area (Å²) in [5.41, 5.74) is 6.97. The van der Waals surface area contributed by atoms with Crippen molar-refractivity contribution in [1.29, 1.82) is 0 Å². The van der Waals surface area contributed by atoms with E-state index in [1.807, 2.05) is 6.07 Å². The fourth-order valence-corrected chi connectivity index (χ4v) is 2.86. The number of nitrogen functional groups attached to an aromatic ring is 1. The molecule has 2 rings (SSSR count). The molecule has 0 saturated heterocycles. The van der Waals surface area contributed by atoms with Crippen LogP contribution in [0.1, 0.15) is 17.4 Å². The van der Waals surface area contributed by atoms with Crippen molar-refractivity contribution in [2.45, 2.75) is 19.9 Å². The van der Waals surface area contributed by atoms with E-state index in [1.54, 1.807) is 11.3 Å². The van der Waals surface area contributed by atoms with Crippen molar-refractivity contribution in [3.8, 4) is 0 Å². The van der Waals surface area contributed by atoms with E-state index in [-0.39, 0.29) is 0 Å². The van der Waals surface area contributed by atoms with Gasteiger partial charge in [0.25, 0.3) is 0 Å². The molecule has 0 fully saturated rings. The molecule has 0 amide bonds. The molecule has 0 radical (unpaired) electrons. The molecule has 3 nitrogen and oxygen atoms in total. The fourth-order valence-electron chi connectivity index (χ4n) is 1.38. The Labute approximate surface area is 97.1 Å². The number of anilines is 2. The lowest BCUT2D eigenvalue weighted by molar-refractivity contribution is 1.08. The van der Waals surface area contributed by atoms with Crippen molar-refractivity contribution in [3.05, 3.63) is 28.0 Å². The third kappa shape index (κ3) is 2.49. The molecule has 2 aromatic heterocycles. The van der Waals surface area contributed by atoms with Gasteiger partial charge < -0.3 is 11.1 Å². The van der Waals surface area contributed by atoms with Gasteiger partial charge in [-0.05, 0) is 35.0 Å². The van der Waals surface area contributed by atoms with Crippen molar-refractivity contribution >= 4 is 33.7 Å². The van der Waals surface area contributed by atoms with Gasteiger partial charge in [-0.2, -0.15) is 4.37 Å². The Balaban J connectivity index is 1.98. The molecule has 15 heavy (non-hydrogen) atoms. The third-order valence-electron chi connectivity index (χ3n) is 2.17. The van der Waals surface area contributed by atoms with Gasteiger partial charge in [0.1, 0.15) is 10.8 Å². The van der Waals surface area contributed by atoms with Crippen molar-refractivity contribution < 1.29 is 0 Å². The first-order valence-electron chi connectivity index (χ1n) is 4.81. The summed E-state index contributed by atoms with van der Waals surface area (Å²) in [4.78, 5) is 1.39. The first-order chi connectivity index (χ1) is 7.29. The van der Waals surface area contributed by atoms with Gasteiger partial charge in [-0.1, -0.05) is 6.92 Å². The van der Waals surface area contributed by atoms with Crippen LogP contribution in [-0.4, -0.2) is 4.37 Å². The van der Waals surface area contributed by atoms with Crippen LogP contribution in [0.25, 0.3) is 0 Å². The molecular formula is C10H13N3S2. The Hall–Kier alpha value is -1.07. The summed E-state index contributed by atoms with van der Waals surface area (Å²) in [7, 11) is 0. The van der Waals surface area contributed by atoms with Crippen LogP contribution in [0, 0.1) is 0 Å². The topological polar surface area (TPSA) is 50.9 Å². The predicted molar refractivity (Wildman–Crippen MR) is 67.6 cm³/mol. The fraction of sp³-hybridized carbons (Fsp3) is 0.300. The van der Waals surface area contributed by atoms with Crippen molar-refractivity contribution in [2.75, 3.05) is 11.1 Å². The molecule has 0 unspecified atom stereocenters. The van der Waals surface area contributed by atoms with Crippen LogP contribution >= 0.6 is 22.9 Å². The number of nitrogens with two attached hydrogens (primary N) is 1. The van der Waals surface area contributed by atoms with E-state index in [4.69, 9.17) is 5.73 Å². The standard InChI is InChI=1S/C10H13N3S2/c1-2-7-3-4-14-8(7)6-12-10-5-9(11)13-15-10/h3-5,12H,2,6H2,1H3,(H2,11,13). The minimum atomic E-state index is 0.587. The van der Waals surface area contributed by atoms with Gasteiger partial charge >= 0.3 is 0 Å². The summed E-state index contributed by atoms with van der Waals surface area (Å²) in [6, 6.07) is 4.05. The number of aromatic nitrogens is 1. The Morgan fingerprint density at radius 2 is 2.40 bits per heavy atom. The first kappa shape index (κ1) is 10.4. The molecule has 0 saturated carbocycles. The summed E-state index contributed by atoms with van der Waals surface area (Å²) >= 11 is 3.19. The molecule has 80 valence electrons. The highest BCUT2D eigenvalue weighted by atomic mass is 32.1. The predicted octanol–water partition coefficient (Wildman–Crippen LogP) is 2.96. The molecule has 0 aliphatic heterocycles. The highest BCUT2D eigenvalue weighted by molar-refractivity contribution is 7.11. The zero-order valence-electron chi connectivity index (χ0n) is 8.49. The molecule has 0 atom stereocenters. The SMILES string of the molecule is CCc1ccsc1CNc1cc(N)ns1. The number of aryl methyl sites for hydroxylation is 1. The molecule has 5 heteroatoms. The largest absolute Gasteiger partial charge is 0.383 e. The van der Waals surface area contributed by atoms with E-state index >= 15 is 0 Å². The zero-order chi connectivity index (χ0) is 10.7. The Kier molecular flexibility index (Phi) is 3.23. The van der Waals surface area contributed by atoms with E-state index in [9.17, 15) is 0 Å². The molecule has 0 bridgehead atoms. The number of hydrogen-bond acceptors (Lipinski definition) is 5. The van der Waals surface area contributed by atoms with Crippen molar-refractivity contribution in [1.82, 2.24) is 4.37 Å².